The van der Waals surface area contributed by atoms with Gasteiger partial charge in [0.1, 0.15) is 0 Å². The molecule has 0 saturated carbocycles. The third kappa shape index (κ3) is 2.49. The molecule has 0 unspecified atom stereocenters. The van der Waals surface area contributed by atoms with Crippen LogP contribution in [0.3, 0.4) is 0 Å². The van der Waals surface area contributed by atoms with Gasteiger partial charge in [-0.3, -0.25) is 4.79 Å². The molecule has 0 N–H and O–H groups in total. The van der Waals surface area contributed by atoms with Crippen molar-refractivity contribution < 1.29 is 9.53 Å². The van der Waals surface area contributed by atoms with Gasteiger partial charge in [-0.25, -0.2) is 9.50 Å². The van der Waals surface area contributed by atoms with Crippen LogP contribution in [0.4, 0.5) is 5.13 Å². The van der Waals surface area contributed by atoms with Crippen LogP contribution in [0.5, 0.6) is 0 Å². The Morgan fingerprint density at radius 2 is 2.25 bits per heavy atom. The summed E-state index contributed by atoms with van der Waals surface area (Å²) < 4.78 is 6.91. The quantitative estimate of drug-likeness (QED) is 0.809. The molecule has 1 fully saturated rings. The highest BCUT2D eigenvalue weighted by molar-refractivity contribution is 7.20. The molecule has 0 amide bonds. The lowest BCUT2D eigenvalue weighted by Gasteiger charge is -2.30. The van der Waals surface area contributed by atoms with E-state index in [1.807, 2.05) is 24.6 Å². The van der Waals surface area contributed by atoms with Gasteiger partial charge in [-0.05, 0) is 26.7 Å². The molecule has 108 valence electrons. The summed E-state index contributed by atoms with van der Waals surface area (Å²) in [7, 11) is 0. The molecule has 1 aliphatic rings. The third-order valence-electron chi connectivity index (χ3n) is 3.54. The fraction of sp³-hybridized carbons (Fsp3) is 0.615. The van der Waals surface area contributed by atoms with Crippen molar-refractivity contribution in [1.82, 2.24) is 14.6 Å². The Bertz CT molecular complexity index is 581. The summed E-state index contributed by atoms with van der Waals surface area (Å²) >= 11 is 1.60. The number of aromatic nitrogens is 3. The van der Waals surface area contributed by atoms with Gasteiger partial charge in [0, 0.05) is 13.1 Å². The van der Waals surface area contributed by atoms with E-state index < -0.39 is 0 Å². The first-order chi connectivity index (χ1) is 9.67. The van der Waals surface area contributed by atoms with E-state index in [2.05, 4.69) is 15.0 Å². The Balaban J connectivity index is 1.65. The van der Waals surface area contributed by atoms with Crippen molar-refractivity contribution >= 4 is 27.4 Å². The van der Waals surface area contributed by atoms with Crippen LogP contribution in [0.2, 0.25) is 0 Å². The lowest BCUT2D eigenvalue weighted by molar-refractivity contribution is -0.148. The maximum absolute atomic E-state index is 11.7. The van der Waals surface area contributed by atoms with Crippen molar-refractivity contribution in [2.75, 3.05) is 24.6 Å². The number of hydrogen-bond donors (Lipinski definition) is 0. The fourth-order valence-electron chi connectivity index (χ4n) is 2.49. The third-order valence-corrected chi connectivity index (χ3v) is 4.52. The second kappa shape index (κ2) is 5.40. The van der Waals surface area contributed by atoms with Crippen molar-refractivity contribution in [1.29, 1.82) is 0 Å². The molecule has 3 rings (SSSR count). The molecule has 1 saturated heterocycles. The molecule has 0 bridgehead atoms. The summed E-state index contributed by atoms with van der Waals surface area (Å²) in [5.74, 6) is -0.0193. The lowest BCUT2D eigenvalue weighted by Crippen LogP contribution is -2.37. The van der Waals surface area contributed by atoms with Gasteiger partial charge in [-0.1, -0.05) is 11.3 Å². The van der Waals surface area contributed by atoms with Gasteiger partial charge in [0.25, 0.3) is 0 Å². The van der Waals surface area contributed by atoms with Crippen LogP contribution in [-0.2, 0) is 9.53 Å². The number of fused-ring (bicyclic) bond motifs is 1. The van der Waals surface area contributed by atoms with Crippen molar-refractivity contribution in [2.24, 2.45) is 5.92 Å². The molecule has 0 radical (unpaired) electrons. The van der Waals surface area contributed by atoms with Crippen molar-refractivity contribution in [3.63, 3.8) is 0 Å². The highest BCUT2D eigenvalue weighted by Gasteiger charge is 2.27. The van der Waals surface area contributed by atoms with E-state index in [9.17, 15) is 4.79 Å². The smallest absolute Gasteiger partial charge is 0.309 e. The number of aryl methyl sites for hydroxylation is 1. The zero-order chi connectivity index (χ0) is 14.1. The van der Waals surface area contributed by atoms with Crippen LogP contribution in [0.15, 0.2) is 6.20 Å². The summed E-state index contributed by atoms with van der Waals surface area (Å²) in [6.07, 6.45) is 3.60. The number of imidazole rings is 1. The lowest BCUT2D eigenvalue weighted by atomic mass is 9.97. The minimum absolute atomic E-state index is 0.0393. The molecule has 0 atom stereocenters. The van der Waals surface area contributed by atoms with Gasteiger partial charge < -0.3 is 9.64 Å². The summed E-state index contributed by atoms with van der Waals surface area (Å²) in [4.78, 5) is 19.3. The van der Waals surface area contributed by atoms with Gasteiger partial charge in [0.05, 0.1) is 24.4 Å². The Kier molecular flexibility index (Phi) is 3.60. The van der Waals surface area contributed by atoms with Gasteiger partial charge >= 0.3 is 5.97 Å². The van der Waals surface area contributed by atoms with Gasteiger partial charge in [0.15, 0.2) is 0 Å². The average Bonchev–Trinajstić information content (AvgIpc) is 2.96. The van der Waals surface area contributed by atoms with Crippen molar-refractivity contribution in [3.05, 3.63) is 11.9 Å². The van der Waals surface area contributed by atoms with Gasteiger partial charge in [0.2, 0.25) is 10.1 Å². The maximum atomic E-state index is 11.7. The first-order valence-corrected chi connectivity index (χ1v) is 7.73. The Morgan fingerprint density at radius 3 is 2.90 bits per heavy atom. The molecule has 6 nitrogen and oxygen atoms in total. The first kappa shape index (κ1) is 13.4. The highest BCUT2D eigenvalue weighted by Crippen LogP contribution is 2.28. The van der Waals surface area contributed by atoms with Crippen LogP contribution >= 0.6 is 11.3 Å². The second-order valence-corrected chi connectivity index (χ2v) is 5.94. The van der Waals surface area contributed by atoms with Crippen molar-refractivity contribution in [2.45, 2.75) is 26.7 Å². The maximum Gasteiger partial charge on any atom is 0.309 e. The minimum atomic E-state index is -0.0586. The van der Waals surface area contributed by atoms with Crippen LogP contribution < -0.4 is 4.90 Å². The number of carbonyl (C=O) groups excluding carboxylic acids is 1. The van der Waals surface area contributed by atoms with E-state index in [1.54, 1.807) is 11.3 Å². The molecule has 0 aromatic carbocycles. The highest BCUT2D eigenvalue weighted by atomic mass is 32.1. The number of carbonyl (C=O) groups is 1. The summed E-state index contributed by atoms with van der Waals surface area (Å²) in [5, 5.41) is 5.53. The van der Waals surface area contributed by atoms with E-state index in [-0.39, 0.29) is 11.9 Å². The summed E-state index contributed by atoms with van der Waals surface area (Å²) in [5.41, 5.74) is 0.983. The molecule has 2 aromatic heterocycles. The van der Waals surface area contributed by atoms with Crippen molar-refractivity contribution in [3.8, 4) is 0 Å². The molecular weight excluding hydrogens is 276 g/mol. The Morgan fingerprint density at radius 1 is 1.50 bits per heavy atom. The molecular formula is C13H18N4O2S. The van der Waals surface area contributed by atoms with Crippen LogP contribution in [0, 0.1) is 12.8 Å². The standard InChI is InChI=1S/C13H18N4O2S/c1-3-19-11(18)10-4-6-16(7-5-10)13-15-17-8-9(2)14-12(17)20-13/h8,10H,3-7H2,1-2H3. The molecule has 0 aliphatic carbocycles. The van der Waals surface area contributed by atoms with E-state index >= 15 is 0 Å². The number of ether oxygens (including phenoxy) is 1. The number of piperidine rings is 1. The monoisotopic (exact) mass is 294 g/mol. The van der Waals surface area contributed by atoms with Crippen LogP contribution in [0.25, 0.3) is 4.96 Å². The Labute approximate surface area is 121 Å². The number of nitrogens with zero attached hydrogens (tertiary/aromatic N) is 4. The minimum Gasteiger partial charge on any atom is -0.466 e. The Hall–Kier alpha value is -1.63. The fourth-order valence-corrected chi connectivity index (χ4v) is 3.47. The molecule has 0 spiro atoms. The van der Waals surface area contributed by atoms with Gasteiger partial charge in [-0.15, -0.1) is 5.10 Å². The summed E-state index contributed by atoms with van der Waals surface area (Å²) in [6.45, 7) is 5.96. The second-order valence-electron chi connectivity index (χ2n) is 5.01. The predicted octanol–water partition coefficient (Wildman–Crippen LogP) is 1.88. The predicted molar refractivity (Wildman–Crippen MR) is 77.2 cm³/mol. The molecule has 2 aromatic rings. The number of anilines is 1. The van der Waals surface area contributed by atoms with E-state index in [1.165, 1.54) is 0 Å². The number of rotatable bonds is 3. The molecule has 3 heterocycles. The first-order valence-electron chi connectivity index (χ1n) is 6.91. The SMILES string of the molecule is CCOC(=O)C1CCN(c2nn3cc(C)nc3s2)CC1. The topological polar surface area (TPSA) is 59.7 Å². The average molecular weight is 294 g/mol. The molecule has 7 heteroatoms. The van der Waals surface area contributed by atoms with E-state index in [0.717, 1.165) is 41.7 Å². The van der Waals surface area contributed by atoms with Crippen LogP contribution in [0.1, 0.15) is 25.5 Å². The zero-order valence-corrected chi connectivity index (χ0v) is 12.5. The van der Waals surface area contributed by atoms with Gasteiger partial charge in [-0.2, -0.15) is 0 Å². The largest absolute Gasteiger partial charge is 0.466 e. The molecule has 1 aliphatic heterocycles. The van der Waals surface area contributed by atoms with Crippen LogP contribution in [-0.4, -0.2) is 40.3 Å². The summed E-state index contributed by atoms with van der Waals surface area (Å²) in [6, 6.07) is 0. The normalized spacial score (nSPS) is 16.8. The van der Waals surface area contributed by atoms with E-state index in [4.69, 9.17) is 4.74 Å². The zero-order valence-electron chi connectivity index (χ0n) is 11.7. The number of esters is 1. The van der Waals surface area contributed by atoms with E-state index in [0.29, 0.717) is 6.61 Å². The molecule has 20 heavy (non-hydrogen) atoms. The number of hydrogen-bond acceptors (Lipinski definition) is 6.